The highest BCUT2D eigenvalue weighted by Crippen LogP contribution is 2.32. The molecule has 3 rings (SSSR count). The first-order valence-corrected chi connectivity index (χ1v) is 8.02. The van der Waals surface area contributed by atoms with Gasteiger partial charge in [0.25, 0.3) is 0 Å². The topological polar surface area (TPSA) is 0 Å². The van der Waals surface area contributed by atoms with E-state index in [9.17, 15) is 0 Å². The highest BCUT2D eigenvalue weighted by Gasteiger charge is 2.14. The third-order valence-electron chi connectivity index (χ3n) is 4.38. The number of benzene rings is 1. The van der Waals surface area contributed by atoms with Gasteiger partial charge in [0, 0.05) is 0 Å². The molecule has 2 saturated carbocycles. The Hall–Kier alpha value is -0.780. The molecular weight excluding hydrogens is 216 g/mol. The summed E-state index contributed by atoms with van der Waals surface area (Å²) in [6.07, 6.45) is 16.1. The standard InChI is InChI=1S/C12H16.C6H12/c1-3-7-11(8-4-1)12-9-5-2-6-10-12;1-2-4-6-5-3-1/h1,3-4,7-8,12H,2,5-6,9-10H2;1-6H2. The Kier molecular flexibility index (Phi) is 6.33. The van der Waals surface area contributed by atoms with Crippen LogP contribution in [-0.4, -0.2) is 0 Å². The molecule has 0 aromatic heterocycles. The van der Waals surface area contributed by atoms with Gasteiger partial charge in [0.05, 0.1) is 0 Å². The third kappa shape index (κ3) is 4.84. The zero-order valence-electron chi connectivity index (χ0n) is 11.7. The van der Waals surface area contributed by atoms with Crippen LogP contribution in [0.2, 0.25) is 0 Å². The van der Waals surface area contributed by atoms with Crippen molar-refractivity contribution in [2.75, 3.05) is 0 Å². The van der Waals surface area contributed by atoms with Gasteiger partial charge in [-0.3, -0.25) is 0 Å². The van der Waals surface area contributed by atoms with E-state index in [2.05, 4.69) is 30.3 Å². The Morgan fingerprint density at radius 2 is 1.00 bits per heavy atom. The maximum absolute atomic E-state index is 2.27. The molecular formula is C18H28. The van der Waals surface area contributed by atoms with Crippen LogP contribution in [0.5, 0.6) is 0 Å². The van der Waals surface area contributed by atoms with Gasteiger partial charge >= 0.3 is 0 Å². The van der Waals surface area contributed by atoms with Gasteiger partial charge in [-0.05, 0) is 24.3 Å². The Morgan fingerprint density at radius 1 is 0.556 bits per heavy atom. The molecule has 100 valence electrons. The first kappa shape index (κ1) is 13.6. The molecule has 2 aliphatic rings. The molecule has 0 aliphatic heterocycles. The van der Waals surface area contributed by atoms with Crippen LogP contribution in [0.3, 0.4) is 0 Å². The molecule has 0 saturated heterocycles. The average Bonchev–Trinajstić information content (AvgIpc) is 2.51. The highest BCUT2D eigenvalue weighted by atomic mass is 14.2. The Balaban J connectivity index is 0.000000169. The zero-order valence-corrected chi connectivity index (χ0v) is 11.7. The van der Waals surface area contributed by atoms with E-state index < -0.39 is 0 Å². The maximum atomic E-state index is 2.27. The number of rotatable bonds is 1. The van der Waals surface area contributed by atoms with Crippen molar-refractivity contribution >= 4 is 0 Å². The summed E-state index contributed by atoms with van der Waals surface area (Å²) >= 11 is 0. The van der Waals surface area contributed by atoms with Crippen molar-refractivity contribution in [3.8, 4) is 0 Å². The molecule has 2 aliphatic carbocycles. The summed E-state index contributed by atoms with van der Waals surface area (Å²) in [5.74, 6) is 0.861. The van der Waals surface area contributed by atoms with Crippen molar-refractivity contribution in [1.29, 1.82) is 0 Å². The van der Waals surface area contributed by atoms with Crippen molar-refractivity contribution in [1.82, 2.24) is 0 Å². The van der Waals surface area contributed by atoms with E-state index in [0.29, 0.717) is 0 Å². The molecule has 0 heteroatoms. The lowest BCUT2D eigenvalue weighted by atomic mass is 9.84. The van der Waals surface area contributed by atoms with Crippen LogP contribution >= 0.6 is 0 Å². The van der Waals surface area contributed by atoms with Gasteiger partial charge in [-0.25, -0.2) is 0 Å². The monoisotopic (exact) mass is 244 g/mol. The lowest BCUT2D eigenvalue weighted by molar-refractivity contribution is 0.443. The van der Waals surface area contributed by atoms with Gasteiger partial charge in [0.15, 0.2) is 0 Å². The molecule has 1 aromatic carbocycles. The molecule has 1 aromatic rings. The van der Waals surface area contributed by atoms with Crippen molar-refractivity contribution < 1.29 is 0 Å². The summed E-state index contributed by atoms with van der Waals surface area (Å²) in [5.41, 5.74) is 1.55. The van der Waals surface area contributed by atoms with Crippen LogP contribution in [0.1, 0.15) is 82.1 Å². The van der Waals surface area contributed by atoms with Crippen LogP contribution in [-0.2, 0) is 0 Å². The van der Waals surface area contributed by atoms with E-state index in [1.54, 1.807) is 5.56 Å². The van der Waals surface area contributed by atoms with Crippen molar-refractivity contribution in [2.24, 2.45) is 0 Å². The molecule has 0 amide bonds. The number of hydrogen-bond donors (Lipinski definition) is 0. The van der Waals surface area contributed by atoms with Crippen LogP contribution in [0.4, 0.5) is 0 Å². The van der Waals surface area contributed by atoms with E-state index >= 15 is 0 Å². The summed E-state index contributed by atoms with van der Waals surface area (Å²) in [4.78, 5) is 0. The lowest BCUT2D eigenvalue weighted by Gasteiger charge is -2.21. The van der Waals surface area contributed by atoms with E-state index in [1.807, 2.05) is 0 Å². The fraction of sp³-hybridized carbons (Fsp3) is 0.667. The molecule has 2 fully saturated rings. The second-order valence-corrected chi connectivity index (χ2v) is 5.87. The normalized spacial score (nSPS) is 20.9. The predicted octanol–water partition coefficient (Wildman–Crippen LogP) is 6.07. The van der Waals surface area contributed by atoms with Crippen molar-refractivity contribution in [3.63, 3.8) is 0 Å². The number of hydrogen-bond acceptors (Lipinski definition) is 0. The Labute approximate surface area is 113 Å². The molecule has 0 nitrogen and oxygen atoms in total. The maximum Gasteiger partial charge on any atom is -0.0162 e. The SMILES string of the molecule is C1CCCCC1.c1ccc(C2CCCCC2)cc1. The summed E-state index contributed by atoms with van der Waals surface area (Å²) < 4.78 is 0. The van der Waals surface area contributed by atoms with Crippen molar-refractivity contribution in [2.45, 2.75) is 76.5 Å². The molecule has 0 unspecified atom stereocenters. The summed E-state index contributed by atoms with van der Waals surface area (Å²) in [7, 11) is 0. The molecule has 0 atom stereocenters. The first-order valence-electron chi connectivity index (χ1n) is 8.02. The highest BCUT2D eigenvalue weighted by molar-refractivity contribution is 5.19. The molecule has 0 radical (unpaired) electrons. The van der Waals surface area contributed by atoms with Gasteiger partial charge in [-0.2, -0.15) is 0 Å². The first-order chi connectivity index (χ1) is 8.97. The summed E-state index contributed by atoms with van der Waals surface area (Å²) in [6, 6.07) is 11.0. The van der Waals surface area contributed by atoms with Gasteiger partial charge < -0.3 is 0 Å². The fourth-order valence-corrected chi connectivity index (χ4v) is 3.22. The average molecular weight is 244 g/mol. The third-order valence-corrected chi connectivity index (χ3v) is 4.38. The minimum Gasteiger partial charge on any atom is -0.0622 e. The molecule has 0 N–H and O–H groups in total. The van der Waals surface area contributed by atoms with Crippen LogP contribution in [0.25, 0.3) is 0 Å². The fourth-order valence-electron chi connectivity index (χ4n) is 3.22. The van der Waals surface area contributed by atoms with Gasteiger partial charge in [0.2, 0.25) is 0 Å². The molecule has 0 spiro atoms. The zero-order chi connectivity index (χ0) is 12.5. The smallest absolute Gasteiger partial charge is 0.0162 e. The molecule has 0 bridgehead atoms. The second kappa shape index (κ2) is 8.34. The van der Waals surface area contributed by atoms with Crippen LogP contribution in [0.15, 0.2) is 30.3 Å². The minimum absolute atomic E-state index is 0.861. The summed E-state index contributed by atoms with van der Waals surface area (Å²) in [5, 5.41) is 0. The van der Waals surface area contributed by atoms with Crippen LogP contribution < -0.4 is 0 Å². The predicted molar refractivity (Wildman–Crippen MR) is 80.0 cm³/mol. The Morgan fingerprint density at radius 3 is 1.50 bits per heavy atom. The summed E-state index contributed by atoms with van der Waals surface area (Å²) in [6.45, 7) is 0. The van der Waals surface area contributed by atoms with Crippen LogP contribution in [0, 0.1) is 0 Å². The van der Waals surface area contributed by atoms with E-state index in [-0.39, 0.29) is 0 Å². The van der Waals surface area contributed by atoms with Crippen molar-refractivity contribution in [3.05, 3.63) is 35.9 Å². The van der Waals surface area contributed by atoms with E-state index in [1.165, 1.54) is 70.6 Å². The molecule has 0 heterocycles. The van der Waals surface area contributed by atoms with Gasteiger partial charge in [-0.15, -0.1) is 0 Å². The minimum atomic E-state index is 0.861. The van der Waals surface area contributed by atoms with E-state index in [0.717, 1.165) is 5.92 Å². The van der Waals surface area contributed by atoms with E-state index in [4.69, 9.17) is 0 Å². The largest absolute Gasteiger partial charge is 0.0622 e. The second-order valence-electron chi connectivity index (χ2n) is 5.87. The van der Waals surface area contributed by atoms with Gasteiger partial charge in [-0.1, -0.05) is 88.1 Å². The Bertz CT molecular complexity index is 280. The van der Waals surface area contributed by atoms with Gasteiger partial charge in [0.1, 0.15) is 0 Å². The molecule has 18 heavy (non-hydrogen) atoms. The quantitative estimate of drug-likeness (QED) is 0.562. The lowest BCUT2D eigenvalue weighted by Crippen LogP contribution is -2.03.